The lowest BCUT2D eigenvalue weighted by Crippen LogP contribution is -2.45. The number of hydrogen-bond acceptors (Lipinski definition) is 3. The summed E-state index contributed by atoms with van der Waals surface area (Å²) in [7, 11) is 0. The van der Waals surface area contributed by atoms with Crippen LogP contribution in [0, 0.1) is 11.7 Å². The first-order valence-electron chi connectivity index (χ1n) is 8.01. The lowest BCUT2D eigenvalue weighted by molar-refractivity contribution is -0.133. The van der Waals surface area contributed by atoms with Crippen molar-refractivity contribution in [3.05, 3.63) is 35.6 Å². The molecule has 1 amide bonds. The number of likely N-dealkylation sites (tertiary alicyclic amines) is 1. The van der Waals surface area contributed by atoms with Crippen LogP contribution in [0.3, 0.4) is 0 Å². The molecule has 0 saturated carbocycles. The number of nitrogens with one attached hydrogen (secondary N) is 1. The molecule has 23 heavy (non-hydrogen) atoms. The van der Waals surface area contributed by atoms with Gasteiger partial charge in [-0.05, 0) is 30.0 Å². The zero-order valence-corrected chi connectivity index (χ0v) is 14.2. The molecule has 4 nitrogen and oxygen atoms in total. The van der Waals surface area contributed by atoms with E-state index in [1.165, 1.54) is 6.07 Å². The van der Waals surface area contributed by atoms with Gasteiger partial charge in [0.05, 0.1) is 19.3 Å². The third-order valence-electron chi connectivity index (χ3n) is 4.63. The fourth-order valence-electron chi connectivity index (χ4n) is 3.50. The van der Waals surface area contributed by atoms with E-state index in [0.29, 0.717) is 25.6 Å². The van der Waals surface area contributed by atoms with E-state index in [0.717, 1.165) is 25.1 Å². The highest BCUT2D eigenvalue weighted by Crippen LogP contribution is 2.37. The van der Waals surface area contributed by atoms with Gasteiger partial charge in [-0.25, -0.2) is 4.39 Å². The fraction of sp³-hybridized carbons (Fsp3) is 0.588. The van der Waals surface area contributed by atoms with Gasteiger partial charge in [0.1, 0.15) is 5.82 Å². The summed E-state index contributed by atoms with van der Waals surface area (Å²) < 4.78 is 18.9. The van der Waals surface area contributed by atoms with Gasteiger partial charge in [0.15, 0.2) is 0 Å². The second kappa shape index (κ2) is 8.08. The van der Waals surface area contributed by atoms with Crippen LogP contribution in [0.15, 0.2) is 24.3 Å². The predicted octanol–water partition coefficient (Wildman–Crippen LogP) is 2.54. The molecule has 3 rings (SSSR count). The van der Waals surface area contributed by atoms with Crippen LogP contribution in [0.25, 0.3) is 0 Å². The van der Waals surface area contributed by atoms with Crippen molar-refractivity contribution in [2.75, 3.05) is 26.3 Å². The van der Waals surface area contributed by atoms with Crippen LogP contribution < -0.4 is 5.32 Å². The van der Waals surface area contributed by atoms with Gasteiger partial charge in [0.25, 0.3) is 0 Å². The van der Waals surface area contributed by atoms with Gasteiger partial charge in [-0.15, -0.1) is 12.4 Å². The van der Waals surface area contributed by atoms with E-state index in [-0.39, 0.29) is 36.2 Å². The summed E-state index contributed by atoms with van der Waals surface area (Å²) in [5.41, 5.74) is 0.895. The number of rotatable bonds is 3. The monoisotopic (exact) mass is 342 g/mol. The van der Waals surface area contributed by atoms with Crippen molar-refractivity contribution < 1.29 is 13.9 Å². The zero-order chi connectivity index (χ0) is 15.5. The summed E-state index contributed by atoms with van der Waals surface area (Å²) >= 11 is 0. The van der Waals surface area contributed by atoms with E-state index in [1.54, 1.807) is 12.1 Å². The van der Waals surface area contributed by atoms with Crippen molar-refractivity contribution in [2.24, 2.45) is 5.92 Å². The Morgan fingerprint density at radius 3 is 3.00 bits per heavy atom. The molecule has 2 aliphatic rings. The molecule has 0 spiro atoms. The largest absolute Gasteiger partial charge is 0.378 e. The molecule has 1 aromatic carbocycles. The number of halogens is 2. The number of hydrogen-bond donors (Lipinski definition) is 1. The Labute approximate surface area is 142 Å². The Balaban J connectivity index is 0.00000192. The first kappa shape index (κ1) is 18.2. The maximum atomic E-state index is 13.5. The van der Waals surface area contributed by atoms with Crippen molar-refractivity contribution in [3.63, 3.8) is 0 Å². The van der Waals surface area contributed by atoms with E-state index < -0.39 is 0 Å². The molecule has 0 bridgehead atoms. The van der Waals surface area contributed by atoms with Gasteiger partial charge < -0.3 is 15.0 Å². The third-order valence-corrected chi connectivity index (χ3v) is 4.63. The SMILES string of the molecule is CC1CCN(C(=O)CC2COCCN2)C1c1cccc(F)c1.Cl. The van der Waals surface area contributed by atoms with E-state index in [2.05, 4.69) is 12.2 Å². The molecule has 3 unspecified atom stereocenters. The smallest absolute Gasteiger partial charge is 0.224 e. The lowest BCUT2D eigenvalue weighted by atomic mass is 9.95. The third kappa shape index (κ3) is 4.22. The van der Waals surface area contributed by atoms with Crippen molar-refractivity contribution in [3.8, 4) is 0 Å². The Morgan fingerprint density at radius 2 is 2.30 bits per heavy atom. The molecule has 6 heteroatoms. The van der Waals surface area contributed by atoms with E-state index in [9.17, 15) is 9.18 Å². The molecule has 2 saturated heterocycles. The van der Waals surface area contributed by atoms with Crippen LogP contribution in [0.2, 0.25) is 0 Å². The highest BCUT2D eigenvalue weighted by Gasteiger charge is 2.36. The van der Waals surface area contributed by atoms with E-state index in [1.807, 2.05) is 11.0 Å². The second-order valence-electron chi connectivity index (χ2n) is 6.28. The highest BCUT2D eigenvalue weighted by atomic mass is 35.5. The van der Waals surface area contributed by atoms with Crippen molar-refractivity contribution in [1.82, 2.24) is 10.2 Å². The van der Waals surface area contributed by atoms with Gasteiger partial charge in [0, 0.05) is 25.6 Å². The molecule has 128 valence electrons. The van der Waals surface area contributed by atoms with Crippen LogP contribution in [0.4, 0.5) is 4.39 Å². The minimum absolute atomic E-state index is 0. The van der Waals surface area contributed by atoms with Crippen LogP contribution in [-0.2, 0) is 9.53 Å². The van der Waals surface area contributed by atoms with Gasteiger partial charge >= 0.3 is 0 Å². The van der Waals surface area contributed by atoms with Crippen molar-refractivity contribution in [1.29, 1.82) is 0 Å². The minimum Gasteiger partial charge on any atom is -0.378 e. The maximum absolute atomic E-state index is 13.5. The van der Waals surface area contributed by atoms with E-state index in [4.69, 9.17) is 4.74 Å². The molecule has 0 aromatic heterocycles. The molecule has 0 radical (unpaired) electrons. The zero-order valence-electron chi connectivity index (χ0n) is 13.3. The van der Waals surface area contributed by atoms with Crippen molar-refractivity contribution in [2.45, 2.75) is 31.8 Å². The predicted molar refractivity (Wildman–Crippen MR) is 89.1 cm³/mol. The molecule has 3 atom stereocenters. The standard InChI is InChI=1S/C17H23FN2O2.ClH/c1-12-5-7-20(16(21)10-15-11-22-8-6-19-15)17(12)13-3-2-4-14(18)9-13;/h2-4,9,12,15,17,19H,5-8,10-11H2,1H3;1H. The molecule has 1 aromatic rings. The number of carbonyl (C=O) groups excluding carboxylic acids is 1. The number of carbonyl (C=O) groups is 1. The Morgan fingerprint density at radius 1 is 1.48 bits per heavy atom. The summed E-state index contributed by atoms with van der Waals surface area (Å²) in [6, 6.07) is 6.69. The van der Waals surface area contributed by atoms with Crippen LogP contribution in [0.5, 0.6) is 0 Å². The number of amides is 1. The van der Waals surface area contributed by atoms with Gasteiger partial charge in [0.2, 0.25) is 5.91 Å². The maximum Gasteiger partial charge on any atom is 0.224 e. The molecule has 1 N–H and O–H groups in total. The van der Waals surface area contributed by atoms with Crippen LogP contribution in [0.1, 0.15) is 31.4 Å². The average molecular weight is 343 g/mol. The number of ether oxygens (including phenoxy) is 1. The van der Waals surface area contributed by atoms with Crippen molar-refractivity contribution >= 4 is 18.3 Å². The van der Waals surface area contributed by atoms with Gasteiger partial charge in [-0.2, -0.15) is 0 Å². The number of nitrogens with zero attached hydrogens (tertiary/aromatic N) is 1. The van der Waals surface area contributed by atoms with Crippen LogP contribution >= 0.6 is 12.4 Å². The summed E-state index contributed by atoms with van der Waals surface area (Å²) in [6.45, 7) is 4.96. The summed E-state index contributed by atoms with van der Waals surface area (Å²) in [5, 5.41) is 3.32. The average Bonchev–Trinajstić information content (AvgIpc) is 2.90. The van der Waals surface area contributed by atoms with Crippen LogP contribution in [-0.4, -0.2) is 43.2 Å². The quantitative estimate of drug-likeness (QED) is 0.917. The number of benzene rings is 1. The summed E-state index contributed by atoms with van der Waals surface area (Å²) in [4.78, 5) is 14.6. The molecular weight excluding hydrogens is 319 g/mol. The van der Waals surface area contributed by atoms with Gasteiger partial charge in [-0.1, -0.05) is 19.1 Å². The highest BCUT2D eigenvalue weighted by molar-refractivity contribution is 5.85. The Kier molecular flexibility index (Phi) is 6.39. The summed E-state index contributed by atoms with van der Waals surface area (Å²) in [5.74, 6) is 0.231. The molecule has 2 aliphatic heterocycles. The Bertz CT molecular complexity index is 537. The first-order chi connectivity index (χ1) is 10.6. The molecule has 2 heterocycles. The fourth-order valence-corrected chi connectivity index (χ4v) is 3.50. The topological polar surface area (TPSA) is 41.6 Å². The van der Waals surface area contributed by atoms with Gasteiger partial charge in [-0.3, -0.25) is 4.79 Å². The Hall–Kier alpha value is -1.17. The summed E-state index contributed by atoms with van der Waals surface area (Å²) in [6.07, 6.45) is 1.40. The molecule has 2 fully saturated rings. The second-order valence-corrected chi connectivity index (χ2v) is 6.28. The van der Waals surface area contributed by atoms with E-state index >= 15 is 0 Å². The molecular formula is C17H24ClFN2O2. The number of morpholine rings is 1. The first-order valence-corrected chi connectivity index (χ1v) is 8.01. The minimum atomic E-state index is -0.244. The normalized spacial score (nSPS) is 27.6. The lowest BCUT2D eigenvalue weighted by Gasteiger charge is -2.30. The molecule has 0 aliphatic carbocycles.